The second-order valence-electron chi connectivity index (χ2n) is 4.04. The topological polar surface area (TPSA) is 74.1 Å². The normalized spacial score (nSPS) is 11.5. The molecule has 6 nitrogen and oxygen atoms in total. The molecule has 18 heavy (non-hydrogen) atoms. The lowest BCUT2D eigenvalue weighted by Crippen LogP contribution is -2.20. The summed E-state index contributed by atoms with van der Waals surface area (Å²) >= 11 is 0. The van der Waals surface area contributed by atoms with Gasteiger partial charge in [0.2, 0.25) is 0 Å². The predicted octanol–water partition coefficient (Wildman–Crippen LogP) is 1.38. The summed E-state index contributed by atoms with van der Waals surface area (Å²) < 4.78 is 29.6. The maximum atomic E-state index is 11.9. The average Bonchev–Trinajstić information content (AvgIpc) is 2.77. The Bertz CT molecular complexity index is 640. The number of rotatable bonds is 3. The Kier molecular flexibility index (Phi) is 3.08. The second-order valence-corrected chi connectivity index (χ2v) is 5.43. The molecule has 0 fully saturated rings. The summed E-state index contributed by atoms with van der Waals surface area (Å²) in [6.45, 7) is 5.54. The molecular weight excluding hydrogens is 254 g/mol. The van der Waals surface area contributed by atoms with Crippen molar-refractivity contribution < 1.29 is 12.6 Å². The molecule has 2 rings (SSSR count). The molecule has 1 aromatic carbocycles. The van der Waals surface area contributed by atoms with Crippen LogP contribution in [0, 0.1) is 20.8 Å². The van der Waals surface area contributed by atoms with Crippen molar-refractivity contribution in [3.05, 3.63) is 41.5 Å². The third-order valence-electron chi connectivity index (χ3n) is 2.42. The molecule has 0 spiro atoms. The van der Waals surface area contributed by atoms with Crippen LogP contribution < -0.4 is 4.18 Å². The van der Waals surface area contributed by atoms with E-state index in [4.69, 9.17) is 4.18 Å². The summed E-state index contributed by atoms with van der Waals surface area (Å²) in [6, 6.07) is 3.72. The van der Waals surface area contributed by atoms with Gasteiger partial charge in [-0.3, -0.25) is 0 Å². The number of hydrogen-bond donors (Lipinski definition) is 0. The van der Waals surface area contributed by atoms with E-state index in [0.717, 1.165) is 29.3 Å². The van der Waals surface area contributed by atoms with E-state index < -0.39 is 10.3 Å². The maximum absolute atomic E-state index is 11.9. The van der Waals surface area contributed by atoms with Crippen molar-refractivity contribution in [3.63, 3.8) is 0 Å². The molecule has 0 radical (unpaired) electrons. The van der Waals surface area contributed by atoms with Crippen molar-refractivity contribution in [3.8, 4) is 5.75 Å². The lowest BCUT2D eigenvalue weighted by atomic mass is 10.1. The van der Waals surface area contributed by atoms with Gasteiger partial charge in [0, 0.05) is 0 Å². The van der Waals surface area contributed by atoms with Crippen molar-refractivity contribution in [1.29, 1.82) is 0 Å². The Morgan fingerprint density at radius 2 is 1.78 bits per heavy atom. The minimum absolute atomic E-state index is 0.330. The van der Waals surface area contributed by atoms with Gasteiger partial charge in [-0.25, -0.2) is 4.98 Å². The molecule has 0 aliphatic carbocycles. The molecular formula is C11H13N3O3S. The third-order valence-corrected chi connectivity index (χ3v) is 3.44. The third kappa shape index (κ3) is 2.35. The van der Waals surface area contributed by atoms with Gasteiger partial charge in [0.25, 0.3) is 0 Å². The standard InChI is InChI=1S/C11H13N3O3S/c1-8-4-9(2)11(10(3)5-8)17-18(15,16)14-7-12-6-13-14/h4-7H,1-3H3. The number of aryl methyl sites for hydroxylation is 3. The quantitative estimate of drug-likeness (QED) is 0.839. The molecule has 1 heterocycles. The molecule has 0 aliphatic heterocycles. The summed E-state index contributed by atoms with van der Waals surface area (Å²) in [6.07, 6.45) is 2.21. The first-order valence-corrected chi connectivity index (χ1v) is 6.64. The first-order chi connectivity index (χ1) is 8.40. The summed E-state index contributed by atoms with van der Waals surface area (Å²) in [5, 5.41) is 3.55. The van der Waals surface area contributed by atoms with Crippen LogP contribution in [0.25, 0.3) is 0 Å². The number of nitrogens with zero attached hydrogens (tertiary/aromatic N) is 3. The number of aromatic nitrogens is 3. The van der Waals surface area contributed by atoms with Crippen molar-refractivity contribution >= 4 is 10.3 Å². The largest absolute Gasteiger partial charge is 0.430 e. The zero-order valence-electron chi connectivity index (χ0n) is 10.3. The highest BCUT2D eigenvalue weighted by Gasteiger charge is 2.19. The average molecular weight is 267 g/mol. The van der Waals surface area contributed by atoms with E-state index in [9.17, 15) is 8.42 Å². The molecule has 0 saturated heterocycles. The lowest BCUT2D eigenvalue weighted by Gasteiger charge is -2.12. The van der Waals surface area contributed by atoms with Gasteiger partial charge in [0.15, 0.2) is 0 Å². The van der Waals surface area contributed by atoms with Crippen molar-refractivity contribution in [2.24, 2.45) is 0 Å². The van der Waals surface area contributed by atoms with E-state index in [1.54, 1.807) is 13.8 Å². The van der Waals surface area contributed by atoms with Gasteiger partial charge in [-0.15, -0.1) is 9.19 Å². The Labute approximate surface area is 105 Å². The van der Waals surface area contributed by atoms with E-state index >= 15 is 0 Å². The van der Waals surface area contributed by atoms with E-state index in [2.05, 4.69) is 10.1 Å². The number of benzene rings is 1. The van der Waals surface area contributed by atoms with Gasteiger partial charge >= 0.3 is 10.3 Å². The molecule has 0 amide bonds. The van der Waals surface area contributed by atoms with E-state index in [1.165, 1.54) is 0 Å². The summed E-state index contributed by atoms with van der Waals surface area (Å²) in [5.74, 6) is 0.330. The highest BCUT2D eigenvalue weighted by Crippen LogP contribution is 2.26. The van der Waals surface area contributed by atoms with E-state index in [1.807, 2.05) is 19.1 Å². The van der Waals surface area contributed by atoms with E-state index in [0.29, 0.717) is 9.84 Å². The SMILES string of the molecule is Cc1cc(C)c(OS(=O)(=O)n2cncn2)c(C)c1. The van der Waals surface area contributed by atoms with Crippen LogP contribution in [0.15, 0.2) is 24.8 Å². The van der Waals surface area contributed by atoms with Crippen LogP contribution in [-0.2, 0) is 10.3 Å². The molecule has 96 valence electrons. The zero-order valence-corrected chi connectivity index (χ0v) is 11.1. The van der Waals surface area contributed by atoms with Crippen molar-refractivity contribution in [2.75, 3.05) is 0 Å². The molecule has 1 aromatic heterocycles. The van der Waals surface area contributed by atoms with Gasteiger partial charge in [-0.05, 0) is 31.9 Å². The molecule has 0 unspecified atom stereocenters. The fourth-order valence-electron chi connectivity index (χ4n) is 1.75. The first kappa shape index (κ1) is 12.6. The van der Waals surface area contributed by atoms with Crippen molar-refractivity contribution in [1.82, 2.24) is 14.2 Å². The molecule has 0 saturated carbocycles. The Hall–Kier alpha value is -1.89. The van der Waals surface area contributed by atoms with Gasteiger partial charge in [0.1, 0.15) is 18.4 Å². The Morgan fingerprint density at radius 3 is 2.28 bits per heavy atom. The molecule has 0 aliphatic rings. The van der Waals surface area contributed by atoms with Gasteiger partial charge in [-0.2, -0.15) is 8.42 Å². The minimum atomic E-state index is -3.98. The van der Waals surface area contributed by atoms with Crippen LogP contribution in [0.3, 0.4) is 0 Å². The second kappa shape index (κ2) is 4.41. The van der Waals surface area contributed by atoms with Crippen LogP contribution in [0.1, 0.15) is 16.7 Å². The zero-order chi connectivity index (χ0) is 13.3. The highest BCUT2D eigenvalue weighted by atomic mass is 32.2. The molecule has 0 bridgehead atoms. The molecule has 7 heteroatoms. The van der Waals surface area contributed by atoms with Crippen LogP contribution in [0.2, 0.25) is 0 Å². The summed E-state index contributed by atoms with van der Waals surface area (Å²) in [7, 11) is -3.98. The smallest absolute Gasteiger partial charge is 0.365 e. The van der Waals surface area contributed by atoms with Gasteiger partial charge < -0.3 is 4.18 Å². The predicted molar refractivity (Wildman–Crippen MR) is 65.6 cm³/mol. The summed E-state index contributed by atoms with van der Waals surface area (Å²) in [5.41, 5.74) is 2.57. The van der Waals surface area contributed by atoms with Gasteiger partial charge in [-0.1, -0.05) is 17.7 Å². The monoisotopic (exact) mass is 267 g/mol. The van der Waals surface area contributed by atoms with E-state index in [-0.39, 0.29) is 0 Å². The van der Waals surface area contributed by atoms with Crippen molar-refractivity contribution in [2.45, 2.75) is 20.8 Å². The Morgan fingerprint density at radius 1 is 1.17 bits per heavy atom. The fraction of sp³-hybridized carbons (Fsp3) is 0.273. The fourth-order valence-corrected chi connectivity index (χ4v) is 2.63. The minimum Gasteiger partial charge on any atom is -0.365 e. The van der Waals surface area contributed by atoms with Crippen LogP contribution in [0.5, 0.6) is 5.75 Å². The van der Waals surface area contributed by atoms with Crippen LogP contribution in [0.4, 0.5) is 0 Å². The Balaban J connectivity index is 2.42. The maximum Gasteiger partial charge on any atom is 0.430 e. The molecule has 2 aromatic rings. The highest BCUT2D eigenvalue weighted by molar-refractivity contribution is 7.85. The first-order valence-electron chi connectivity index (χ1n) is 5.27. The van der Waals surface area contributed by atoms with Gasteiger partial charge in [0.05, 0.1) is 0 Å². The summed E-state index contributed by atoms with van der Waals surface area (Å²) in [4.78, 5) is 3.58. The molecule has 0 N–H and O–H groups in total. The lowest BCUT2D eigenvalue weighted by molar-refractivity contribution is 0.465. The van der Waals surface area contributed by atoms with Crippen LogP contribution in [-0.4, -0.2) is 22.6 Å². The molecule has 0 atom stereocenters. The number of hydrogen-bond acceptors (Lipinski definition) is 5. The van der Waals surface area contributed by atoms with Crippen LogP contribution >= 0.6 is 0 Å².